The molecule has 1 fully saturated rings. The number of piperazine rings is 1. The second-order valence-corrected chi connectivity index (χ2v) is 8.08. The summed E-state index contributed by atoms with van der Waals surface area (Å²) in [6.07, 6.45) is 4.39. The van der Waals surface area contributed by atoms with Crippen LogP contribution in [0.2, 0.25) is 0 Å². The molecule has 4 aromatic rings. The molecule has 0 bridgehead atoms. The summed E-state index contributed by atoms with van der Waals surface area (Å²) in [6.45, 7) is 4.96. The number of anilines is 1. The normalized spacial score (nSPS) is 13.8. The topological polar surface area (TPSA) is 67.2 Å². The molecule has 0 spiro atoms. The van der Waals surface area contributed by atoms with E-state index in [-0.39, 0.29) is 5.91 Å². The van der Waals surface area contributed by atoms with Crippen molar-refractivity contribution in [3.8, 4) is 16.9 Å². The number of para-hydroxylation sites is 1. The van der Waals surface area contributed by atoms with Crippen LogP contribution in [0.4, 0.5) is 5.69 Å². The largest absolute Gasteiger partial charge is 0.368 e. The number of hydrogen-bond acceptors (Lipinski definition) is 5. The van der Waals surface area contributed by atoms with Crippen molar-refractivity contribution >= 4 is 11.6 Å². The van der Waals surface area contributed by atoms with Crippen molar-refractivity contribution in [2.75, 3.05) is 31.1 Å². The predicted molar refractivity (Wildman–Crippen MR) is 129 cm³/mol. The van der Waals surface area contributed by atoms with Gasteiger partial charge in [-0.2, -0.15) is 0 Å². The molecular weight excluding hydrogens is 412 g/mol. The molecule has 0 saturated carbocycles. The summed E-state index contributed by atoms with van der Waals surface area (Å²) < 4.78 is 1.75. The number of aromatic nitrogens is 4. The van der Waals surface area contributed by atoms with E-state index in [1.165, 1.54) is 11.3 Å². The molecule has 2 aromatic heterocycles. The van der Waals surface area contributed by atoms with Gasteiger partial charge in [0, 0.05) is 49.8 Å². The van der Waals surface area contributed by atoms with E-state index >= 15 is 0 Å². The average Bonchev–Trinajstić information content (AvgIpc) is 3.35. The molecule has 0 atom stereocenters. The summed E-state index contributed by atoms with van der Waals surface area (Å²) in [7, 11) is 0. The van der Waals surface area contributed by atoms with Crippen molar-refractivity contribution < 1.29 is 4.79 Å². The predicted octanol–water partition coefficient (Wildman–Crippen LogP) is 3.85. The van der Waals surface area contributed by atoms with Crippen LogP contribution in [-0.4, -0.2) is 57.0 Å². The van der Waals surface area contributed by atoms with E-state index in [0.717, 1.165) is 30.8 Å². The number of nitrogens with zero attached hydrogens (tertiary/aromatic N) is 6. The summed E-state index contributed by atoms with van der Waals surface area (Å²) in [4.78, 5) is 22.0. The molecule has 7 heteroatoms. The van der Waals surface area contributed by atoms with Crippen LogP contribution in [0.3, 0.4) is 0 Å². The van der Waals surface area contributed by atoms with Crippen molar-refractivity contribution in [3.05, 3.63) is 90.4 Å². The highest BCUT2D eigenvalue weighted by Crippen LogP contribution is 2.27. The van der Waals surface area contributed by atoms with Gasteiger partial charge in [0.25, 0.3) is 5.91 Å². The third-order valence-corrected chi connectivity index (χ3v) is 6.06. The van der Waals surface area contributed by atoms with Gasteiger partial charge in [-0.1, -0.05) is 42.5 Å². The van der Waals surface area contributed by atoms with Crippen LogP contribution < -0.4 is 4.90 Å². The fraction of sp³-hybridized carbons (Fsp3) is 0.231. The molecule has 1 saturated heterocycles. The second kappa shape index (κ2) is 9.24. The highest BCUT2D eigenvalue weighted by molar-refractivity contribution is 5.98. The number of pyridine rings is 1. The molecule has 0 N–H and O–H groups in total. The third-order valence-electron chi connectivity index (χ3n) is 6.06. The summed E-state index contributed by atoms with van der Waals surface area (Å²) in [6, 6.07) is 22.3. The van der Waals surface area contributed by atoms with Gasteiger partial charge in [0.2, 0.25) is 0 Å². The maximum absolute atomic E-state index is 13.6. The van der Waals surface area contributed by atoms with Gasteiger partial charge in [0.05, 0.1) is 5.69 Å². The molecule has 0 unspecified atom stereocenters. The van der Waals surface area contributed by atoms with Gasteiger partial charge in [-0.05, 0) is 48.4 Å². The fourth-order valence-corrected chi connectivity index (χ4v) is 4.23. The Morgan fingerprint density at radius 2 is 1.70 bits per heavy atom. The molecule has 166 valence electrons. The molecule has 1 aliphatic rings. The number of hydrogen-bond donors (Lipinski definition) is 0. The zero-order chi connectivity index (χ0) is 22.6. The first-order valence-corrected chi connectivity index (χ1v) is 11.3. The lowest BCUT2D eigenvalue weighted by atomic mass is 10.1. The van der Waals surface area contributed by atoms with E-state index in [1.54, 1.807) is 17.1 Å². The molecule has 2 aromatic carbocycles. The highest BCUT2D eigenvalue weighted by atomic mass is 16.2. The van der Waals surface area contributed by atoms with E-state index in [1.807, 2.05) is 47.4 Å². The smallest absolute Gasteiger partial charge is 0.276 e. The van der Waals surface area contributed by atoms with Crippen LogP contribution in [0.5, 0.6) is 0 Å². The molecule has 7 nitrogen and oxygen atoms in total. The average molecular weight is 439 g/mol. The Balaban J connectivity index is 1.46. The minimum Gasteiger partial charge on any atom is -0.368 e. The lowest BCUT2D eigenvalue weighted by Crippen LogP contribution is -2.49. The van der Waals surface area contributed by atoms with Gasteiger partial charge < -0.3 is 9.80 Å². The molecular formula is C26H26N6O. The summed E-state index contributed by atoms with van der Waals surface area (Å²) in [5, 5.41) is 8.75. The minimum atomic E-state index is -0.0977. The molecule has 5 rings (SSSR count). The molecule has 0 aliphatic carbocycles. The SMILES string of the molecule is CCc1cccc(-n2nnc(C(=O)N3CCN(c4ccccc4)CC3)c2-c2cccnc2)c1. The van der Waals surface area contributed by atoms with Crippen molar-refractivity contribution in [1.82, 2.24) is 24.9 Å². The summed E-state index contributed by atoms with van der Waals surface area (Å²) in [5.74, 6) is -0.0977. The first-order chi connectivity index (χ1) is 16.2. The summed E-state index contributed by atoms with van der Waals surface area (Å²) >= 11 is 0. The van der Waals surface area contributed by atoms with Gasteiger partial charge in [0.15, 0.2) is 5.69 Å². The number of benzene rings is 2. The molecule has 3 heterocycles. The number of rotatable bonds is 5. The van der Waals surface area contributed by atoms with Crippen molar-refractivity contribution in [2.45, 2.75) is 13.3 Å². The Hall–Kier alpha value is -4.00. The van der Waals surface area contributed by atoms with E-state index < -0.39 is 0 Å². The first kappa shape index (κ1) is 20.9. The standard InChI is InChI=1S/C26H26N6O/c1-2-20-8-6-12-23(18-20)32-25(21-9-7-13-27-19-21)24(28-29-32)26(33)31-16-14-30(15-17-31)22-10-4-3-5-11-22/h3-13,18-19H,2,14-17H2,1H3. The van der Waals surface area contributed by atoms with Gasteiger partial charge >= 0.3 is 0 Å². The molecule has 0 radical (unpaired) electrons. The van der Waals surface area contributed by atoms with Gasteiger partial charge in [-0.15, -0.1) is 5.10 Å². The maximum atomic E-state index is 13.6. The molecule has 1 amide bonds. The Kier molecular flexibility index (Phi) is 5.85. The van der Waals surface area contributed by atoms with E-state index in [2.05, 4.69) is 51.4 Å². The summed E-state index contributed by atoms with van der Waals surface area (Å²) in [5.41, 5.74) is 5.11. The van der Waals surface area contributed by atoms with E-state index in [4.69, 9.17) is 0 Å². The van der Waals surface area contributed by atoms with Crippen molar-refractivity contribution in [3.63, 3.8) is 0 Å². The van der Waals surface area contributed by atoms with Crippen LogP contribution in [0.1, 0.15) is 23.0 Å². The Bertz CT molecular complexity index is 1230. The van der Waals surface area contributed by atoms with E-state index in [0.29, 0.717) is 24.5 Å². The van der Waals surface area contributed by atoms with Crippen LogP contribution in [0, 0.1) is 0 Å². The van der Waals surface area contributed by atoms with Gasteiger partial charge in [-0.3, -0.25) is 9.78 Å². The van der Waals surface area contributed by atoms with Crippen LogP contribution in [-0.2, 0) is 6.42 Å². The Morgan fingerprint density at radius 1 is 0.909 bits per heavy atom. The maximum Gasteiger partial charge on any atom is 0.276 e. The van der Waals surface area contributed by atoms with Crippen molar-refractivity contribution in [2.24, 2.45) is 0 Å². The third kappa shape index (κ3) is 4.22. The first-order valence-electron chi connectivity index (χ1n) is 11.3. The second-order valence-electron chi connectivity index (χ2n) is 8.08. The lowest BCUT2D eigenvalue weighted by Gasteiger charge is -2.35. The fourth-order valence-electron chi connectivity index (χ4n) is 4.23. The number of amides is 1. The number of carbonyl (C=O) groups is 1. The Morgan fingerprint density at radius 3 is 2.42 bits per heavy atom. The minimum absolute atomic E-state index is 0.0977. The van der Waals surface area contributed by atoms with Crippen LogP contribution >= 0.6 is 0 Å². The number of carbonyl (C=O) groups excluding carboxylic acids is 1. The number of aryl methyl sites for hydroxylation is 1. The highest BCUT2D eigenvalue weighted by Gasteiger charge is 2.29. The van der Waals surface area contributed by atoms with Gasteiger partial charge in [0.1, 0.15) is 5.69 Å². The Labute approximate surface area is 193 Å². The monoisotopic (exact) mass is 438 g/mol. The van der Waals surface area contributed by atoms with Crippen molar-refractivity contribution in [1.29, 1.82) is 0 Å². The van der Waals surface area contributed by atoms with Gasteiger partial charge in [-0.25, -0.2) is 4.68 Å². The molecule has 1 aliphatic heterocycles. The van der Waals surface area contributed by atoms with E-state index in [9.17, 15) is 4.79 Å². The zero-order valence-corrected chi connectivity index (χ0v) is 18.6. The zero-order valence-electron chi connectivity index (χ0n) is 18.6. The lowest BCUT2D eigenvalue weighted by molar-refractivity contribution is 0.0741. The van der Waals surface area contributed by atoms with Crippen LogP contribution in [0.15, 0.2) is 79.1 Å². The molecule has 33 heavy (non-hydrogen) atoms. The quantitative estimate of drug-likeness (QED) is 0.473. The van der Waals surface area contributed by atoms with Crippen LogP contribution in [0.25, 0.3) is 16.9 Å².